The van der Waals surface area contributed by atoms with E-state index in [1.807, 2.05) is 0 Å². The monoisotopic (exact) mass is 266 g/mol. The predicted molar refractivity (Wildman–Crippen MR) is 66.4 cm³/mol. The average Bonchev–Trinajstić information content (AvgIpc) is 2.82. The molecule has 0 spiro atoms. The number of hydrogen-bond donors (Lipinski definition) is 3. The molecule has 2 rings (SSSR count). The number of halogens is 1. The number of aromatic nitrogens is 4. The summed E-state index contributed by atoms with van der Waals surface area (Å²) in [4.78, 5) is 11.5. The van der Waals surface area contributed by atoms with Crippen LogP contribution < -0.4 is 10.6 Å². The third kappa shape index (κ3) is 3.70. The van der Waals surface area contributed by atoms with E-state index in [4.69, 9.17) is 11.6 Å². The molecule has 2 amide bonds. The molecule has 0 fully saturated rings. The van der Waals surface area contributed by atoms with Crippen molar-refractivity contribution in [1.29, 1.82) is 0 Å². The van der Waals surface area contributed by atoms with Crippen LogP contribution in [0.1, 0.15) is 5.82 Å². The van der Waals surface area contributed by atoms with Crippen molar-refractivity contribution < 1.29 is 4.79 Å². The molecule has 94 valence electrons. The Morgan fingerprint density at radius 3 is 3.06 bits per heavy atom. The van der Waals surface area contributed by atoms with E-state index >= 15 is 0 Å². The van der Waals surface area contributed by atoms with Gasteiger partial charge in [-0.25, -0.2) is 4.79 Å². The number of benzene rings is 1. The predicted octanol–water partition coefficient (Wildman–Crippen LogP) is 1.22. The zero-order valence-electron chi connectivity index (χ0n) is 9.35. The molecule has 1 aromatic heterocycles. The van der Waals surface area contributed by atoms with Gasteiger partial charge >= 0.3 is 6.03 Å². The van der Waals surface area contributed by atoms with E-state index < -0.39 is 0 Å². The van der Waals surface area contributed by atoms with E-state index in [9.17, 15) is 4.79 Å². The maximum atomic E-state index is 11.5. The van der Waals surface area contributed by atoms with Crippen LogP contribution in [0.4, 0.5) is 10.5 Å². The van der Waals surface area contributed by atoms with E-state index in [-0.39, 0.29) is 6.03 Å². The maximum absolute atomic E-state index is 11.5. The molecular weight excluding hydrogens is 256 g/mol. The number of aromatic amines is 1. The fourth-order valence-electron chi connectivity index (χ4n) is 1.32. The quantitative estimate of drug-likeness (QED) is 0.775. The summed E-state index contributed by atoms with van der Waals surface area (Å²) in [6.45, 7) is 0.423. The Hall–Kier alpha value is -2.15. The number of carbonyl (C=O) groups excluding carboxylic acids is 1. The zero-order chi connectivity index (χ0) is 12.8. The molecule has 0 radical (unpaired) electrons. The Morgan fingerprint density at radius 2 is 2.33 bits per heavy atom. The minimum Gasteiger partial charge on any atom is -0.337 e. The van der Waals surface area contributed by atoms with Crippen molar-refractivity contribution in [1.82, 2.24) is 25.9 Å². The first-order chi connectivity index (χ1) is 8.74. The van der Waals surface area contributed by atoms with Crippen LogP contribution in [-0.2, 0) is 6.42 Å². The summed E-state index contributed by atoms with van der Waals surface area (Å²) in [5, 5.41) is 19.2. The second-order valence-electron chi connectivity index (χ2n) is 3.47. The van der Waals surface area contributed by atoms with Gasteiger partial charge in [-0.05, 0) is 18.2 Å². The smallest absolute Gasteiger partial charge is 0.319 e. The third-order valence-electron chi connectivity index (χ3n) is 2.11. The number of amides is 2. The number of anilines is 1. The Kier molecular flexibility index (Phi) is 4.08. The average molecular weight is 267 g/mol. The molecule has 1 aromatic carbocycles. The largest absolute Gasteiger partial charge is 0.337 e. The number of carbonyl (C=O) groups is 1. The number of nitrogens with one attached hydrogen (secondary N) is 3. The Balaban J connectivity index is 1.75. The highest BCUT2D eigenvalue weighted by molar-refractivity contribution is 6.30. The second-order valence-corrected chi connectivity index (χ2v) is 3.91. The number of H-pyrrole nitrogens is 1. The number of tetrazole rings is 1. The number of hydrogen-bond acceptors (Lipinski definition) is 4. The Bertz CT molecular complexity index is 515. The van der Waals surface area contributed by atoms with Crippen molar-refractivity contribution in [2.75, 3.05) is 11.9 Å². The van der Waals surface area contributed by atoms with E-state index in [2.05, 4.69) is 31.3 Å². The van der Waals surface area contributed by atoms with Crippen LogP contribution in [0, 0.1) is 0 Å². The van der Waals surface area contributed by atoms with Crippen LogP contribution in [0.2, 0.25) is 5.02 Å². The highest BCUT2D eigenvalue weighted by atomic mass is 35.5. The molecule has 8 heteroatoms. The lowest BCUT2D eigenvalue weighted by atomic mass is 10.3. The van der Waals surface area contributed by atoms with E-state index in [1.54, 1.807) is 24.3 Å². The topological polar surface area (TPSA) is 95.6 Å². The first kappa shape index (κ1) is 12.3. The molecule has 1 heterocycles. The van der Waals surface area contributed by atoms with Crippen LogP contribution in [0.5, 0.6) is 0 Å². The van der Waals surface area contributed by atoms with Gasteiger partial charge in [-0.3, -0.25) is 0 Å². The van der Waals surface area contributed by atoms with Crippen LogP contribution in [0.3, 0.4) is 0 Å². The molecule has 0 saturated carbocycles. The molecule has 18 heavy (non-hydrogen) atoms. The molecule has 2 aromatic rings. The summed E-state index contributed by atoms with van der Waals surface area (Å²) in [7, 11) is 0. The highest BCUT2D eigenvalue weighted by Crippen LogP contribution is 2.14. The summed E-state index contributed by atoms with van der Waals surface area (Å²) >= 11 is 5.80. The molecule has 0 aliphatic rings. The zero-order valence-corrected chi connectivity index (χ0v) is 10.1. The van der Waals surface area contributed by atoms with Crippen molar-refractivity contribution >= 4 is 23.3 Å². The molecule has 0 aliphatic heterocycles. The van der Waals surface area contributed by atoms with E-state index in [0.29, 0.717) is 29.5 Å². The van der Waals surface area contributed by atoms with Gasteiger partial charge in [-0.15, -0.1) is 10.2 Å². The minimum atomic E-state index is -0.305. The van der Waals surface area contributed by atoms with Crippen molar-refractivity contribution in [3.63, 3.8) is 0 Å². The van der Waals surface area contributed by atoms with Crippen LogP contribution in [-0.4, -0.2) is 33.2 Å². The van der Waals surface area contributed by atoms with E-state index in [1.165, 1.54) is 0 Å². The maximum Gasteiger partial charge on any atom is 0.319 e. The summed E-state index contributed by atoms with van der Waals surface area (Å²) in [5.74, 6) is 0.554. The molecule has 3 N–H and O–H groups in total. The van der Waals surface area contributed by atoms with Crippen molar-refractivity contribution in [3.05, 3.63) is 35.1 Å². The summed E-state index contributed by atoms with van der Waals surface area (Å²) in [5.41, 5.74) is 0.638. The van der Waals surface area contributed by atoms with Crippen molar-refractivity contribution in [2.24, 2.45) is 0 Å². The van der Waals surface area contributed by atoms with Gasteiger partial charge in [-0.1, -0.05) is 22.9 Å². The minimum absolute atomic E-state index is 0.305. The lowest BCUT2D eigenvalue weighted by Crippen LogP contribution is -2.30. The molecule has 0 unspecified atom stereocenters. The molecule has 0 aliphatic carbocycles. The second kappa shape index (κ2) is 5.97. The normalized spacial score (nSPS) is 10.1. The van der Waals surface area contributed by atoms with Gasteiger partial charge in [0.25, 0.3) is 0 Å². The van der Waals surface area contributed by atoms with Gasteiger partial charge in [0.2, 0.25) is 0 Å². The highest BCUT2D eigenvalue weighted by Gasteiger charge is 2.03. The molecule has 0 atom stereocenters. The standard InChI is InChI=1S/C10H11ClN6O/c11-7-2-1-3-8(6-7)13-10(18)12-5-4-9-14-16-17-15-9/h1-3,6H,4-5H2,(H2,12,13,18)(H,14,15,16,17). The molecule has 0 bridgehead atoms. The molecule has 0 saturated heterocycles. The van der Waals surface area contributed by atoms with Gasteiger partial charge in [-0.2, -0.15) is 5.21 Å². The van der Waals surface area contributed by atoms with Crippen molar-refractivity contribution in [3.8, 4) is 0 Å². The van der Waals surface area contributed by atoms with Gasteiger partial charge in [0, 0.05) is 23.7 Å². The van der Waals surface area contributed by atoms with E-state index in [0.717, 1.165) is 0 Å². The van der Waals surface area contributed by atoms with Crippen LogP contribution >= 0.6 is 11.6 Å². The Labute approximate surface area is 108 Å². The number of nitrogens with zero attached hydrogens (tertiary/aromatic N) is 3. The van der Waals surface area contributed by atoms with Gasteiger partial charge in [0.1, 0.15) is 0 Å². The fourth-order valence-corrected chi connectivity index (χ4v) is 1.51. The fraction of sp³-hybridized carbons (Fsp3) is 0.200. The third-order valence-corrected chi connectivity index (χ3v) is 2.34. The lowest BCUT2D eigenvalue weighted by Gasteiger charge is -2.06. The first-order valence-electron chi connectivity index (χ1n) is 5.27. The lowest BCUT2D eigenvalue weighted by molar-refractivity contribution is 0.252. The van der Waals surface area contributed by atoms with Crippen LogP contribution in [0.25, 0.3) is 0 Å². The molecular formula is C10H11ClN6O. The molecule has 7 nitrogen and oxygen atoms in total. The summed E-state index contributed by atoms with van der Waals surface area (Å²) < 4.78 is 0. The summed E-state index contributed by atoms with van der Waals surface area (Å²) in [6, 6.07) is 6.61. The van der Waals surface area contributed by atoms with Crippen LogP contribution in [0.15, 0.2) is 24.3 Å². The van der Waals surface area contributed by atoms with Gasteiger partial charge in [0.05, 0.1) is 0 Å². The number of urea groups is 1. The van der Waals surface area contributed by atoms with Crippen molar-refractivity contribution in [2.45, 2.75) is 6.42 Å². The summed E-state index contributed by atoms with van der Waals surface area (Å²) in [6.07, 6.45) is 0.513. The SMILES string of the molecule is O=C(NCCc1nn[nH]n1)Nc1cccc(Cl)c1. The van der Waals surface area contributed by atoms with Gasteiger partial charge < -0.3 is 10.6 Å². The number of rotatable bonds is 4. The Morgan fingerprint density at radius 1 is 1.44 bits per heavy atom. The van der Waals surface area contributed by atoms with Gasteiger partial charge in [0.15, 0.2) is 5.82 Å². The first-order valence-corrected chi connectivity index (χ1v) is 5.64.